The molecule has 98 valence electrons. The Balaban J connectivity index is 2.53. The molecular weight excluding hydrogens is 246 g/mol. The molecule has 1 N–H and O–H groups in total. The van der Waals surface area contributed by atoms with Gasteiger partial charge < -0.3 is 9.67 Å². The molecular formula is C15H20ClNO. The molecule has 0 atom stereocenters. The van der Waals surface area contributed by atoms with Crippen molar-refractivity contribution in [1.29, 1.82) is 0 Å². The summed E-state index contributed by atoms with van der Waals surface area (Å²) in [4.78, 5) is 0. The highest BCUT2D eigenvalue weighted by Crippen LogP contribution is 2.28. The minimum absolute atomic E-state index is 0.225. The van der Waals surface area contributed by atoms with Gasteiger partial charge in [-0.15, -0.1) is 0 Å². The standard InChI is InChI=1S/C15H20ClNO/c1-3-5-12-10-17(6-4-7-18)15-9-14(16)11(2)8-13(12)15/h8-10,18H,3-7H2,1-2H3. The van der Waals surface area contributed by atoms with Crippen LogP contribution in [0.15, 0.2) is 18.3 Å². The van der Waals surface area contributed by atoms with Crippen molar-refractivity contribution in [3.8, 4) is 0 Å². The van der Waals surface area contributed by atoms with Gasteiger partial charge in [0.2, 0.25) is 0 Å². The molecule has 2 nitrogen and oxygen atoms in total. The predicted molar refractivity (Wildman–Crippen MR) is 77.4 cm³/mol. The second-order valence-corrected chi connectivity index (χ2v) is 5.20. The lowest BCUT2D eigenvalue weighted by Gasteiger charge is -2.05. The molecule has 0 aliphatic carbocycles. The Hall–Kier alpha value is -0.990. The molecule has 2 rings (SSSR count). The summed E-state index contributed by atoms with van der Waals surface area (Å²) in [5.74, 6) is 0. The molecule has 0 bridgehead atoms. The Morgan fingerprint density at radius 3 is 2.78 bits per heavy atom. The number of hydrogen-bond donors (Lipinski definition) is 1. The number of aliphatic hydroxyl groups is 1. The number of nitrogens with zero attached hydrogens (tertiary/aromatic N) is 1. The summed E-state index contributed by atoms with van der Waals surface area (Å²) >= 11 is 6.22. The molecule has 0 amide bonds. The maximum absolute atomic E-state index is 8.97. The molecule has 1 aromatic heterocycles. The summed E-state index contributed by atoms with van der Waals surface area (Å²) in [6.07, 6.45) is 5.21. The second kappa shape index (κ2) is 5.77. The smallest absolute Gasteiger partial charge is 0.0498 e. The molecule has 0 radical (unpaired) electrons. The van der Waals surface area contributed by atoms with Crippen LogP contribution in [-0.2, 0) is 13.0 Å². The fourth-order valence-electron chi connectivity index (χ4n) is 2.39. The van der Waals surface area contributed by atoms with Gasteiger partial charge in [-0.2, -0.15) is 0 Å². The van der Waals surface area contributed by atoms with E-state index in [9.17, 15) is 0 Å². The van der Waals surface area contributed by atoms with Crippen molar-refractivity contribution in [2.45, 2.75) is 39.7 Å². The zero-order valence-corrected chi connectivity index (χ0v) is 11.8. The molecule has 0 saturated heterocycles. The summed E-state index contributed by atoms with van der Waals surface area (Å²) in [7, 11) is 0. The third-order valence-electron chi connectivity index (χ3n) is 3.32. The van der Waals surface area contributed by atoms with Gasteiger partial charge in [-0.3, -0.25) is 0 Å². The molecule has 0 aliphatic rings. The molecule has 1 aromatic carbocycles. The second-order valence-electron chi connectivity index (χ2n) is 4.79. The fraction of sp³-hybridized carbons (Fsp3) is 0.467. The third-order valence-corrected chi connectivity index (χ3v) is 3.73. The van der Waals surface area contributed by atoms with Gasteiger partial charge in [-0.25, -0.2) is 0 Å². The van der Waals surface area contributed by atoms with Crippen molar-refractivity contribution < 1.29 is 5.11 Å². The van der Waals surface area contributed by atoms with E-state index in [1.807, 2.05) is 13.0 Å². The van der Waals surface area contributed by atoms with Gasteiger partial charge in [0.25, 0.3) is 0 Å². The normalized spacial score (nSPS) is 11.3. The van der Waals surface area contributed by atoms with E-state index in [0.717, 1.165) is 36.4 Å². The average molecular weight is 266 g/mol. The Morgan fingerprint density at radius 2 is 2.11 bits per heavy atom. The average Bonchev–Trinajstić information content (AvgIpc) is 2.66. The van der Waals surface area contributed by atoms with Crippen LogP contribution in [-0.4, -0.2) is 16.3 Å². The molecule has 3 heteroatoms. The molecule has 1 heterocycles. The van der Waals surface area contributed by atoms with E-state index in [0.29, 0.717) is 0 Å². The van der Waals surface area contributed by atoms with Gasteiger partial charge in [0, 0.05) is 35.3 Å². The van der Waals surface area contributed by atoms with Crippen LogP contribution >= 0.6 is 11.6 Å². The molecule has 0 fully saturated rings. The van der Waals surface area contributed by atoms with Gasteiger partial charge in [0.1, 0.15) is 0 Å². The van der Waals surface area contributed by atoms with Crippen LogP contribution < -0.4 is 0 Å². The van der Waals surface area contributed by atoms with E-state index < -0.39 is 0 Å². The first-order chi connectivity index (χ1) is 8.67. The largest absolute Gasteiger partial charge is 0.396 e. The van der Waals surface area contributed by atoms with Crippen LogP contribution in [0.1, 0.15) is 30.9 Å². The number of aryl methyl sites for hydroxylation is 3. The highest BCUT2D eigenvalue weighted by molar-refractivity contribution is 6.32. The maximum Gasteiger partial charge on any atom is 0.0498 e. The molecule has 0 aliphatic heterocycles. The SMILES string of the molecule is CCCc1cn(CCCO)c2cc(Cl)c(C)cc12. The summed E-state index contributed by atoms with van der Waals surface area (Å²) in [5, 5.41) is 11.1. The van der Waals surface area contributed by atoms with Crippen molar-refractivity contribution in [3.63, 3.8) is 0 Å². The van der Waals surface area contributed by atoms with Crippen LogP contribution in [0.3, 0.4) is 0 Å². The first-order valence-corrected chi connectivity index (χ1v) is 6.94. The third kappa shape index (κ3) is 2.55. The van der Waals surface area contributed by atoms with Gasteiger partial charge >= 0.3 is 0 Å². The van der Waals surface area contributed by atoms with Crippen molar-refractivity contribution in [2.24, 2.45) is 0 Å². The number of aliphatic hydroxyl groups excluding tert-OH is 1. The van der Waals surface area contributed by atoms with Gasteiger partial charge in [0.05, 0.1) is 0 Å². The molecule has 0 spiro atoms. The van der Waals surface area contributed by atoms with Crippen molar-refractivity contribution in [3.05, 3.63) is 34.5 Å². The summed E-state index contributed by atoms with van der Waals surface area (Å²) in [6, 6.07) is 4.22. The first kappa shape index (κ1) is 13.4. The predicted octanol–water partition coefficient (Wildman–Crippen LogP) is 3.94. The zero-order chi connectivity index (χ0) is 13.1. The maximum atomic E-state index is 8.97. The lowest BCUT2D eigenvalue weighted by atomic mass is 10.1. The van der Waals surface area contributed by atoms with Gasteiger partial charge in [-0.1, -0.05) is 24.9 Å². The van der Waals surface area contributed by atoms with Crippen molar-refractivity contribution in [2.75, 3.05) is 6.61 Å². The van der Waals surface area contributed by atoms with Crippen molar-refractivity contribution >= 4 is 22.5 Å². The minimum Gasteiger partial charge on any atom is -0.396 e. The lowest BCUT2D eigenvalue weighted by Crippen LogP contribution is -1.98. The number of aromatic nitrogens is 1. The van der Waals surface area contributed by atoms with E-state index in [1.165, 1.54) is 16.5 Å². The van der Waals surface area contributed by atoms with Gasteiger partial charge in [-0.05, 0) is 43.0 Å². The highest BCUT2D eigenvalue weighted by atomic mass is 35.5. The number of rotatable bonds is 5. The van der Waals surface area contributed by atoms with Gasteiger partial charge in [0.15, 0.2) is 0 Å². The van der Waals surface area contributed by atoms with Crippen LogP contribution in [0.2, 0.25) is 5.02 Å². The minimum atomic E-state index is 0.225. The topological polar surface area (TPSA) is 25.2 Å². The first-order valence-electron chi connectivity index (χ1n) is 6.56. The quantitative estimate of drug-likeness (QED) is 0.870. The summed E-state index contributed by atoms with van der Waals surface area (Å²) in [6.45, 7) is 5.31. The molecule has 0 saturated carbocycles. The summed E-state index contributed by atoms with van der Waals surface area (Å²) < 4.78 is 2.21. The summed E-state index contributed by atoms with van der Waals surface area (Å²) in [5.41, 5.74) is 3.69. The Labute approximate surface area is 113 Å². The number of benzene rings is 1. The Bertz CT molecular complexity index is 545. The Kier molecular flexibility index (Phi) is 4.31. The lowest BCUT2D eigenvalue weighted by molar-refractivity contribution is 0.280. The molecule has 2 aromatic rings. The fourth-order valence-corrected chi connectivity index (χ4v) is 2.55. The zero-order valence-electron chi connectivity index (χ0n) is 11.0. The number of halogens is 1. The monoisotopic (exact) mass is 265 g/mol. The van der Waals surface area contributed by atoms with E-state index in [4.69, 9.17) is 16.7 Å². The van der Waals surface area contributed by atoms with Crippen LogP contribution in [0.4, 0.5) is 0 Å². The Morgan fingerprint density at radius 1 is 1.33 bits per heavy atom. The van der Waals surface area contributed by atoms with E-state index >= 15 is 0 Å². The molecule has 18 heavy (non-hydrogen) atoms. The van der Waals surface area contributed by atoms with E-state index in [2.05, 4.69) is 23.8 Å². The number of fused-ring (bicyclic) bond motifs is 1. The highest BCUT2D eigenvalue weighted by Gasteiger charge is 2.10. The van der Waals surface area contributed by atoms with Crippen LogP contribution in [0.25, 0.3) is 10.9 Å². The van der Waals surface area contributed by atoms with Crippen LogP contribution in [0, 0.1) is 6.92 Å². The number of hydrogen-bond acceptors (Lipinski definition) is 1. The van der Waals surface area contributed by atoms with Crippen molar-refractivity contribution in [1.82, 2.24) is 4.57 Å². The van der Waals surface area contributed by atoms with E-state index in [1.54, 1.807) is 0 Å². The van der Waals surface area contributed by atoms with E-state index in [-0.39, 0.29) is 6.61 Å². The van der Waals surface area contributed by atoms with Crippen LogP contribution in [0.5, 0.6) is 0 Å². The molecule has 0 unspecified atom stereocenters.